The van der Waals surface area contributed by atoms with E-state index >= 15 is 0 Å². The highest BCUT2D eigenvalue weighted by Gasteiger charge is 2.25. The third-order valence-electron chi connectivity index (χ3n) is 6.37. The van der Waals surface area contributed by atoms with Gasteiger partial charge in [0.05, 0.1) is 34.5 Å². The van der Waals surface area contributed by atoms with E-state index in [0.29, 0.717) is 29.1 Å². The highest BCUT2D eigenvalue weighted by Crippen LogP contribution is 2.23. The van der Waals surface area contributed by atoms with Gasteiger partial charge in [-0.25, -0.2) is 9.50 Å². The van der Waals surface area contributed by atoms with Crippen molar-refractivity contribution < 1.29 is 0 Å². The molecule has 0 bridgehead atoms. The van der Waals surface area contributed by atoms with E-state index in [1.54, 1.807) is 15.0 Å². The normalized spacial score (nSPS) is 17.7. The van der Waals surface area contributed by atoms with Crippen molar-refractivity contribution in [1.29, 1.82) is 0 Å². The van der Waals surface area contributed by atoms with Crippen LogP contribution in [0.3, 0.4) is 0 Å². The molecule has 0 aliphatic carbocycles. The van der Waals surface area contributed by atoms with Crippen molar-refractivity contribution in [1.82, 2.24) is 28.9 Å². The summed E-state index contributed by atoms with van der Waals surface area (Å²) in [6, 6.07) is 8.49. The van der Waals surface area contributed by atoms with E-state index in [-0.39, 0.29) is 5.56 Å². The first kappa shape index (κ1) is 20.6. The SMILES string of the molecule is Cc1cn2nc(-c3cc(=O)n4cc(N5CCN(C(C)C)[C@H](C)C5)ccc4n3)cc2c(C)n1. The number of piperazine rings is 1. The Labute approximate surface area is 187 Å². The van der Waals surface area contributed by atoms with E-state index in [2.05, 4.69) is 46.7 Å². The second kappa shape index (κ2) is 7.70. The van der Waals surface area contributed by atoms with E-state index < -0.39 is 0 Å². The van der Waals surface area contributed by atoms with Crippen molar-refractivity contribution >= 4 is 16.9 Å². The van der Waals surface area contributed by atoms with Crippen molar-refractivity contribution in [2.75, 3.05) is 24.5 Å². The van der Waals surface area contributed by atoms with Crippen LogP contribution in [0.2, 0.25) is 0 Å². The minimum Gasteiger partial charge on any atom is -0.367 e. The molecule has 4 aromatic rings. The number of hydrogen-bond acceptors (Lipinski definition) is 6. The maximum Gasteiger partial charge on any atom is 0.258 e. The van der Waals surface area contributed by atoms with E-state index in [0.717, 1.165) is 42.2 Å². The summed E-state index contributed by atoms with van der Waals surface area (Å²) in [5, 5.41) is 4.63. The topological polar surface area (TPSA) is 71.0 Å². The zero-order chi connectivity index (χ0) is 22.6. The molecule has 4 aromatic heterocycles. The lowest BCUT2D eigenvalue weighted by Crippen LogP contribution is -2.54. The number of hydrogen-bond donors (Lipinski definition) is 0. The summed E-state index contributed by atoms with van der Waals surface area (Å²) in [5.74, 6) is 0. The lowest BCUT2D eigenvalue weighted by molar-refractivity contribution is 0.148. The maximum absolute atomic E-state index is 13.0. The van der Waals surface area contributed by atoms with Crippen LogP contribution in [-0.2, 0) is 0 Å². The van der Waals surface area contributed by atoms with Crippen molar-refractivity contribution in [3.8, 4) is 11.4 Å². The summed E-state index contributed by atoms with van der Waals surface area (Å²) < 4.78 is 3.43. The Morgan fingerprint density at radius 1 is 1.03 bits per heavy atom. The fourth-order valence-electron chi connectivity index (χ4n) is 4.80. The number of anilines is 1. The zero-order valence-electron chi connectivity index (χ0n) is 19.3. The van der Waals surface area contributed by atoms with Crippen molar-refractivity contribution in [2.24, 2.45) is 0 Å². The van der Waals surface area contributed by atoms with Crippen LogP contribution in [0.4, 0.5) is 5.69 Å². The molecule has 0 aromatic carbocycles. The molecule has 1 saturated heterocycles. The molecule has 0 amide bonds. The molecule has 8 nitrogen and oxygen atoms in total. The van der Waals surface area contributed by atoms with Gasteiger partial charge in [-0.3, -0.25) is 19.1 Å². The average molecular weight is 432 g/mol. The Bertz CT molecular complexity index is 1370. The molecule has 0 radical (unpaired) electrons. The van der Waals surface area contributed by atoms with E-state index in [4.69, 9.17) is 4.98 Å². The van der Waals surface area contributed by atoms with Gasteiger partial charge in [0.2, 0.25) is 0 Å². The minimum atomic E-state index is -0.108. The predicted molar refractivity (Wildman–Crippen MR) is 126 cm³/mol. The molecule has 0 spiro atoms. The summed E-state index contributed by atoms with van der Waals surface area (Å²) >= 11 is 0. The van der Waals surface area contributed by atoms with Gasteiger partial charge in [-0.2, -0.15) is 5.10 Å². The molecule has 32 heavy (non-hydrogen) atoms. The van der Waals surface area contributed by atoms with E-state index in [1.165, 1.54) is 0 Å². The third-order valence-corrected chi connectivity index (χ3v) is 6.37. The first-order chi connectivity index (χ1) is 15.3. The molecule has 1 aliphatic rings. The standard InChI is InChI=1S/C24H29N7O/c1-15(2)29-9-8-28(13-17(29)4)19-6-7-23-26-20(11-24(32)30(23)14-19)21-10-22-18(5)25-16(3)12-31(22)27-21/h6-7,10-12,14-15,17H,8-9,13H2,1-5H3/t17-/m1/s1. The van der Waals surface area contributed by atoms with E-state index in [1.807, 2.05) is 38.4 Å². The van der Waals surface area contributed by atoms with Gasteiger partial charge in [0, 0.05) is 44.0 Å². The van der Waals surface area contributed by atoms with Crippen LogP contribution >= 0.6 is 0 Å². The molecule has 166 valence electrons. The van der Waals surface area contributed by atoms with Crippen LogP contribution in [0.1, 0.15) is 32.2 Å². The molecule has 0 saturated carbocycles. The van der Waals surface area contributed by atoms with Gasteiger partial charge in [-0.15, -0.1) is 0 Å². The molecule has 1 atom stereocenters. The van der Waals surface area contributed by atoms with Crippen LogP contribution in [0, 0.1) is 13.8 Å². The molecule has 0 N–H and O–H groups in total. The van der Waals surface area contributed by atoms with Crippen molar-refractivity contribution in [2.45, 2.75) is 46.7 Å². The van der Waals surface area contributed by atoms with Crippen LogP contribution in [0.15, 0.2) is 41.5 Å². The Hall–Kier alpha value is -3.26. The van der Waals surface area contributed by atoms with Crippen LogP contribution in [-0.4, -0.2) is 60.6 Å². The first-order valence-corrected chi connectivity index (χ1v) is 11.2. The predicted octanol–water partition coefficient (Wildman–Crippen LogP) is 2.94. The molecular weight excluding hydrogens is 402 g/mol. The number of aromatic nitrogens is 5. The summed E-state index contributed by atoms with van der Waals surface area (Å²) in [6.45, 7) is 13.6. The van der Waals surface area contributed by atoms with Gasteiger partial charge in [0.1, 0.15) is 11.3 Å². The van der Waals surface area contributed by atoms with Crippen LogP contribution in [0.25, 0.3) is 22.6 Å². The highest BCUT2D eigenvalue weighted by molar-refractivity contribution is 5.66. The average Bonchev–Trinajstić information content (AvgIpc) is 3.17. The molecule has 1 aliphatic heterocycles. The highest BCUT2D eigenvalue weighted by atomic mass is 16.1. The fourth-order valence-corrected chi connectivity index (χ4v) is 4.80. The monoisotopic (exact) mass is 431 g/mol. The Balaban J connectivity index is 1.49. The van der Waals surface area contributed by atoms with Crippen molar-refractivity contribution in [3.63, 3.8) is 0 Å². The molecule has 0 unspecified atom stereocenters. The summed E-state index contributed by atoms with van der Waals surface area (Å²) in [4.78, 5) is 27.1. The summed E-state index contributed by atoms with van der Waals surface area (Å²) in [6.07, 6.45) is 3.79. The van der Waals surface area contributed by atoms with Gasteiger partial charge in [0.25, 0.3) is 5.56 Å². The lowest BCUT2D eigenvalue weighted by atomic mass is 10.1. The Morgan fingerprint density at radius 2 is 1.84 bits per heavy atom. The van der Waals surface area contributed by atoms with Gasteiger partial charge in [0.15, 0.2) is 0 Å². The minimum absolute atomic E-state index is 0.108. The Kier molecular flexibility index (Phi) is 4.97. The quantitative estimate of drug-likeness (QED) is 0.497. The zero-order valence-corrected chi connectivity index (χ0v) is 19.3. The second-order valence-electron chi connectivity index (χ2n) is 9.05. The second-order valence-corrected chi connectivity index (χ2v) is 9.05. The van der Waals surface area contributed by atoms with Crippen LogP contribution in [0.5, 0.6) is 0 Å². The molecule has 5 heterocycles. The Morgan fingerprint density at radius 3 is 2.59 bits per heavy atom. The number of rotatable bonds is 3. The van der Waals surface area contributed by atoms with Gasteiger partial charge >= 0.3 is 0 Å². The number of fused-ring (bicyclic) bond motifs is 2. The summed E-state index contributed by atoms with van der Waals surface area (Å²) in [5.41, 5.74) is 5.51. The fraction of sp³-hybridized carbons (Fsp3) is 0.417. The van der Waals surface area contributed by atoms with Gasteiger partial charge in [-0.05, 0) is 52.8 Å². The first-order valence-electron chi connectivity index (χ1n) is 11.2. The third kappa shape index (κ3) is 3.54. The molecule has 1 fully saturated rings. The van der Waals surface area contributed by atoms with E-state index in [9.17, 15) is 4.79 Å². The van der Waals surface area contributed by atoms with Crippen molar-refractivity contribution in [3.05, 3.63) is 58.4 Å². The molecular formula is C24H29N7O. The smallest absolute Gasteiger partial charge is 0.258 e. The lowest BCUT2D eigenvalue weighted by Gasteiger charge is -2.43. The molecule has 5 rings (SSSR count). The largest absolute Gasteiger partial charge is 0.367 e. The summed E-state index contributed by atoms with van der Waals surface area (Å²) in [7, 11) is 0. The molecule has 8 heteroatoms. The van der Waals surface area contributed by atoms with Crippen LogP contribution < -0.4 is 10.5 Å². The number of nitrogens with zero attached hydrogens (tertiary/aromatic N) is 7. The number of pyridine rings is 1. The van der Waals surface area contributed by atoms with Gasteiger partial charge in [-0.1, -0.05) is 0 Å². The maximum atomic E-state index is 13.0. The number of aryl methyl sites for hydroxylation is 2. The van der Waals surface area contributed by atoms with Gasteiger partial charge < -0.3 is 4.90 Å².